The third-order valence-electron chi connectivity index (χ3n) is 3.93. The number of anilines is 1. The number of fused-ring (bicyclic) bond motifs is 1. The molecule has 1 aromatic heterocycles. The van der Waals surface area contributed by atoms with Crippen LogP contribution in [0.2, 0.25) is 0 Å². The van der Waals surface area contributed by atoms with Crippen molar-refractivity contribution < 1.29 is 9.90 Å². The highest BCUT2D eigenvalue weighted by atomic mass is 16.4. The number of hydrogen-bond donors (Lipinski definition) is 2. The molecule has 0 spiro atoms. The van der Waals surface area contributed by atoms with Gasteiger partial charge in [-0.05, 0) is 36.3 Å². The van der Waals surface area contributed by atoms with E-state index in [4.69, 9.17) is 5.11 Å². The Hall–Kier alpha value is -2.43. The lowest BCUT2D eigenvalue weighted by Gasteiger charge is -2.12. The zero-order chi connectivity index (χ0) is 14.7. The van der Waals surface area contributed by atoms with Crippen LogP contribution < -0.4 is 5.32 Å². The fourth-order valence-corrected chi connectivity index (χ4v) is 2.85. The van der Waals surface area contributed by atoms with Crippen LogP contribution in [0.5, 0.6) is 0 Å². The van der Waals surface area contributed by atoms with Gasteiger partial charge in [0.1, 0.15) is 5.82 Å². The van der Waals surface area contributed by atoms with Gasteiger partial charge in [-0.25, -0.2) is 14.8 Å². The fraction of sp³-hybridized carbons (Fsp3) is 0.312. The maximum atomic E-state index is 10.7. The Morgan fingerprint density at radius 1 is 1.29 bits per heavy atom. The van der Waals surface area contributed by atoms with E-state index in [1.807, 2.05) is 0 Å². The molecule has 0 bridgehead atoms. The van der Waals surface area contributed by atoms with Gasteiger partial charge in [-0.2, -0.15) is 0 Å². The maximum absolute atomic E-state index is 10.7. The number of aryl methyl sites for hydroxylation is 1. The van der Waals surface area contributed by atoms with E-state index in [0.717, 1.165) is 19.4 Å². The summed E-state index contributed by atoms with van der Waals surface area (Å²) in [5.74, 6) is 0.155. The fourth-order valence-electron chi connectivity index (χ4n) is 2.85. The molecule has 0 saturated heterocycles. The molecule has 2 N–H and O–H groups in total. The molecule has 1 atom stereocenters. The average Bonchev–Trinajstić information content (AvgIpc) is 2.91. The highest BCUT2D eigenvalue weighted by molar-refractivity contribution is 5.84. The molecule has 1 heterocycles. The van der Waals surface area contributed by atoms with E-state index in [1.54, 1.807) is 0 Å². The number of carbonyl (C=O) groups is 1. The molecule has 0 aliphatic heterocycles. The number of aromatic nitrogens is 2. The molecule has 5 heteroatoms. The van der Waals surface area contributed by atoms with Crippen LogP contribution in [0.3, 0.4) is 0 Å². The lowest BCUT2D eigenvalue weighted by molar-refractivity contribution is 0.0690. The van der Waals surface area contributed by atoms with Crippen LogP contribution in [0.25, 0.3) is 0 Å². The van der Waals surface area contributed by atoms with Crippen molar-refractivity contribution in [2.75, 3.05) is 11.9 Å². The number of nitrogens with zero attached hydrogens (tertiary/aromatic N) is 2. The van der Waals surface area contributed by atoms with Gasteiger partial charge in [0.05, 0.1) is 12.4 Å². The van der Waals surface area contributed by atoms with E-state index >= 15 is 0 Å². The van der Waals surface area contributed by atoms with Gasteiger partial charge in [0, 0.05) is 6.54 Å². The van der Waals surface area contributed by atoms with E-state index in [2.05, 4.69) is 39.6 Å². The van der Waals surface area contributed by atoms with Crippen molar-refractivity contribution in [3.63, 3.8) is 0 Å². The standard InChI is InChI=1S/C16H17N3O2/c20-16(21)14-9-19-15(10-18-14)17-8-7-12-6-5-11-3-1-2-4-13(11)12/h1-4,9-10,12H,5-8H2,(H,17,19)(H,20,21). The molecule has 1 aromatic carbocycles. The van der Waals surface area contributed by atoms with Gasteiger partial charge in [-0.3, -0.25) is 0 Å². The van der Waals surface area contributed by atoms with Crippen LogP contribution in [-0.2, 0) is 6.42 Å². The highest BCUT2D eigenvalue weighted by Gasteiger charge is 2.21. The van der Waals surface area contributed by atoms with Crippen LogP contribution in [-0.4, -0.2) is 27.6 Å². The Labute approximate surface area is 123 Å². The first-order valence-corrected chi connectivity index (χ1v) is 7.11. The summed E-state index contributed by atoms with van der Waals surface area (Å²) in [7, 11) is 0. The van der Waals surface area contributed by atoms with Gasteiger partial charge in [-0.1, -0.05) is 24.3 Å². The summed E-state index contributed by atoms with van der Waals surface area (Å²) in [6.45, 7) is 0.806. The van der Waals surface area contributed by atoms with Gasteiger partial charge >= 0.3 is 5.97 Å². The molecule has 0 fully saturated rings. The number of carboxylic acids is 1. The number of hydrogen-bond acceptors (Lipinski definition) is 4. The Bertz CT molecular complexity index is 640. The van der Waals surface area contributed by atoms with Crippen LogP contribution >= 0.6 is 0 Å². The molecule has 2 aromatic rings. The lowest BCUT2D eigenvalue weighted by Crippen LogP contribution is -2.09. The number of aromatic carboxylic acids is 1. The summed E-state index contributed by atoms with van der Waals surface area (Å²) in [5.41, 5.74) is 2.89. The number of benzene rings is 1. The monoisotopic (exact) mass is 283 g/mol. The van der Waals surface area contributed by atoms with Crippen LogP contribution in [0.15, 0.2) is 36.7 Å². The predicted molar refractivity (Wildman–Crippen MR) is 79.6 cm³/mol. The van der Waals surface area contributed by atoms with Gasteiger partial charge in [0.25, 0.3) is 0 Å². The first-order valence-electron chi connectivity index (χ1n) is 7.11. The summed E-state index contributed by atoms with van der Waals surface area (Å²) in [5, 5.41) is 12.0. The van der Waals surface area contributed by atoms with Crippen LogP contribution in [0, 0.1) is 0 Å². The minimum atomic E-state index is -1.06. The van der Waals surface area contributed by atoms with E-state index in [9.17, 15) is 4.79 Å². The third kappa shape index (κ3) is 3.02. The zero-order valence-corrected chi connectivity index (χ0v) is 11.6. The average molecular weight is 283 g/mol. The second kappa shape index (κ2) is 5.91. The Morgan fingerprint density at radius 3 is 2.90 bits per heavy atom. The summed E-state index contributed by atoms with van der Waals surface area (Å²) < 4.78 is 0. The molecule has 21 heavy (non-hydrogen) atoms. The molecule has 1 unspecified atom stereocenters. The summed E-state index contributed by atoms with van der Waals surface area (Å²) in [4.78, 5) is 18.6. The van der Waals surface area contributed by atoms with Crippen molar-refractivity contribution in [3.8, 4) is 0 Å². The molecule has 1 aliphatic rings. The molecule has 0 amide bonds. The lowest BCUT2D eigenvalue weighted by atomic mass is 9.98. The quantitative estimate of drug-likeness (QED) is 0.882. The molecule has 1 aliphatic carbocycles. The van der Waals surface area contributed by atoms with Crippen molar-refractivity contribution in [1.29, 1.82) is 0 Å². The topological polar surface area (TPSA) is 75.1 Å². The number of carboxylic acid groups (broad SMARTS) is 1. The van der Waals surface area contributed by atoms with E-state index < -0.39 is 5.97 Å². The maximum Gasteiger partial charge on any atom is 0.356 e. The zero-order valence-electron chi connectivity index (χ0n) is 11.6. The van der Waals surface area contributed by atoms with Crippen molar-refractivity contribution in [1.82, 2.24) is 9.97 Å². The minimum Gasteiger partial charge on any atom is -0.476 e. The van der Waals surface area contributed by atoms with Crippen LogP contribution in [0.1, 0.15) is 40.4 Å². The molecular weight excluding hydrogens is 266 g/mol. The van der Waals surface area contributed by atoms with E-state index in [0.29, 0.717) is 11.7 Å². The first kappa shape index (κ1) is 13.5. The van der Waals surface area contributed by atoms with E-state index in [1.165, 1.54) is 29.9 Å². The highest BCUT2D eigenvalue weighted by Crippen LogP contribution is 2.34. The van der Waals surface area contributed by atoms with E-state index in [-0.39, 0.29) is 5.69 Å². The molecule has 0 radical (unpaired) electrons. The SMILES string of the molecule is O=C(O)c1cnc(NCCC2CCc3ccccc32)cn1. The number of rotatable bonds is 5. The normalized spacial score (nSPS) is 16.5. The Balaban J connectivity index is 1.54. The molecule has 108 valence electrons. The first-order chi connectivity index (χ1) is 10.2. The van der Waals surface area contributed by atoms with Crippen molar-refractivity contribution in [3.05, 3.63) is 53.5 Å². The minimum absolute atomic E-state index is 0.0368. The van der Waals surface area contributed by atoms with Gasteiger partial charge in [0.15, 0.2) is 5.69 Å². The van der Waals surface area contributed by atoms with Gasteiger partial charge in [-0.15, -0.1) is 0 Å². The van der Waals surface area contributed by atoms with Crippen LogP contribution in [0.4, 0.5) is 5.82 Å². The van der Waals surface area contributed by atoms with Crippen molar-refractivity contribution in [2.45, 2.75) is 25.2 Å². The van der Waals surface area contributed by atoms with Gasteiger partial charge < -0.3 is 10.4 Å². The second-order valence-electron chi connectivity index (χ2n) is 5.24. The largest absolute Gasteiger partial charge is 0.476 e. The van der Waals surface area contributed by atoms with Crippen molar-refractivity contribution in [2.24, 2.45) is 0 Å². The molecule has 5 nitrogen and oxygen atoms in total. The summed E-state index contributed by atoms with van der Waals surface area (Å²) in [6, 6.07) is 8.62. The smallest absolute Gasteiger partial charge is 0.356 e. The Kier molecular flexibility index (Phi) is 3.81. The molecule has 0 saturated carbocycles. The summed E-state index contributed by atoms with van der Waals surface area (Å²) in [6.07, 6.45) is 6.14. The second-order valence-corrected chi connectivity index (χ2v) is 5.24. The Morgan fingerprint density at radius 2 is 2.14 bits per heavy atom. The van der Waals surface area contributed by atoms with Crippen molar-refractivity contribution >= 4 is 11.8 Å². The molecular formula is C16H17N3O2. The predicted octanol–water partition coefficient (Wildman–Crippen LogP) is 2.71. The van der Waals surface area contributed by atoms with Gasteiger partial charge in [0.2, 0.25) is 0 Å². The molecule has 3 rings (SSSR count). The third-order valence-corrected chi connectivity index (χ3v) is 3.93. The number of nitrogens with one attached hydrogen (secondary N) is 1. The summed E-state index contributed by atoms with van der Waals surface area (Å²) >= 11 is 0.